The van der Waals surface area contributed by atoms with Gasteiger partial charge in [-0.15, -0.1) is 0 Å². The normalized spacial score (nSPS) is 11.8. The Bertz CT molecular complexity index is 359. The molecular formula is C20H37N2+. The largest absolute Gasteiger partial charge is 0.330 e. The number of nitrogens with two attached hydrogens (primary N) is 1. The van der Waals surface area contributed by atoms with Crippen molar-refractivity contribution in [3.63, 3.8) is 0 Å². The van der Waals surface area contributed by atoms with Crippen molar-refractivity contribution >= 4 is 0 Å². The summed E-state index contributed by atoms with van der Waals surface area (Å²) in [4.78, 5) is 0. The molecule has 0 heterocycles. The Morgan fingerprint density at radius 1 is 0.727 bits per heavy atom. The standard InChI is InChI=1S/C20H37N2/c1-22(2,19-20-15-11-10-12-16-20)18-14-9-7-5-3-4-6-8-13-17-21/h10-12,15-16H,3-9,13-14,17-19,21H2,1-2H3/q+1. The fraction of sp³-hybridized carbons (Fsp3) is 0.700. The molecule has 1 rings (SSSR count). The summed E-state index contributed by atoms with van der Waals surface area (Å²) in [7, 11) is 4.70. The highest BCUT2D eigenvalue weighted by Gasteiger charge is 2.14. The van der Waals surface area contributed by atoms with Crippen LogP contribution in [0.2, 0.25) is 0 Å². The summed E-state index contributed by atoms with van der Waals surface area (Å²) in [6, 6.07) is 10.9. The molecule has 1 aromatic carbocycles. The lowest BCUT2D eigenvalue weighted by Gasteiger charge is -2.30. The third-order valence-corrected chi connectivity index (χ3v) is 4.42. The van der Waals surface area contributed by atoms with Gasteiger partial charge in [-0.2, -0.15) is 0 Å². The molecule has 0 saturated carbocycles. The number of rotatable bonds is 13. The second-order valence-electron chi connectivity index (χ2n) is 7.27. The van der Waals surface area contributed by atoms with E-state index in [1.807, 2.05) is 0 Å². The summed E-state index contributed by atoms with van der Waals surface area (Å²) < 4.78 is 1.10. The first-order chi connectivity index (χ1) is 10.6. The molecule has 0 aliphatic rings. The van der Waals surface area contributed by atoms with Gasteiger partial charge in [-0.05, 0) is 25.8 Å². The Balaban J connectivity index is 1.99. The first-order valence-corrected chi connectivity index (χ1v) is 9.20. The average Bonchev–Trinajstić information content (AvgIpc) is 2.49. The highest BCUT2D eigenvalue weighted by atomic mass is 15.3. The van der Waals surface area contributed by atoms with E-state index in [0.717, 1.165) is 17.6 Å². The van der Waals surface area contributed by atoms with Gasteiger partial charge in [-0.1, -0.05) is 68.9 Å². The first-order valence-electron chi connectivity index (χ1n) is 9.20. The van der Waals surface area contributed by atoms with Crippen LogP contribution in [-0.4, -0.2) is 31.7 Å². The molecule has 22 heavy (non-hydrogen) atoms. The zero-order valence-electron chi connectivity index (χ0n) is 14.9. The van der Waals surface area contributed by atoms with E-state index in [2.05, 4.69) is 44.4 Å². The van der Waals surface area contributed by atoms with E-state index in [9.17, 15) is 0 Å². The quantitative estimate of drug-likeness (QED) is 0.414. The summed E-state index contributed by atoms with van der Waals surface area (Å²) in [6.07, 6.45) is 12.3. The number of hydrogen-bond donors (Lipinski definition) is 1. The van der Waals surface area contributed by atoms with Crippen LogP contribution in [0.3, 0.4) is 0 Å². The third-order valence-electron chi connectivity index (χ3n) is 4.42. The lowest BCUT2D eigenvalue weighted by molar-refractivity contribution is -0.903. The maximum atomic E-state index is 5.51. The second-order valence-corrected chi connectivity index (χ2v) is 7.27. The summed E-state index contributed by atoms with van der Waals surface area (Å²) in [6.45, 7) is 3.28. The van der Waals surface area contributed by atoms with E-state index in [-0.39, 0.29) is 0 Å². The van der Waals surface area contributed by atoms with Crippen molar-refractivity contribution in [3.8, 4) is 0 Å². The Labute approximate surface area is 138 Å². The fourth-order valence-corrected chi connectivity index (χ4v) is 3.08. The Hall–Kier alpha value is -0.860. The van der Waals surface area contributed by atoms with Crippen LogP contribution in [0.4, 0.5) is 0 Å². The van der Waals surface area contributed by atoms with Crippen molar-refractivity contribution in [2.45, 2.75) is 64.3 Å². The predicted molar refractivity (Wildman–Crippen MR) is 97.7 cm³/mol. The monoisotopic (exact) mass is 305 g/mol. The highest BCUT2D eigenvalue weighted by molar-refractivity contribution is 5.13. The van der Waals surface area contributed by atoms with Gasteiger partial charge in [-0.25, -0.2) is 0 Å². The van der Waals surface area contributed by atoms with Gasteiger partial charge in [0.15, 0.2) is 0 Å². The van der Waals surface area contributed by atoms with Gasteiger partial charge >= 0.3 is 0 Å². The van der Waals surface area contributed by atoms with Gasteiger partial charge in [-0.3, -0.25) is 0 Å². The molecule has 0 radical (unpaired) electrons. The Kier molecular flexibility index (Phi) is 10.2. The van der Waals surface area contributed by atoms with Crippen LogP contribution in [0.1, 0.15) is 63.4 Å². The molecule has 0 aliphatic carbocycles. The van der Waals surface area contributed by atoms with Crippen molar-refractivity contribution < 1.29 is 4.48 Å². The second kappa shape index (κ2) is 11.7. The summed E-state index contributed by atoms with van der Waals surface area (Å²) in [5, 5.41) is 0. The zero-order chi connectivity index (χ0) is 16.1. The van der Waals surface area contributed by atoms with Gasteiger partial charge in [0.05, 0.1) is 20.6 Å². The van der Waals surface area contributed by atoms with Crippen molar-refractivity contribution in [1.82, 2.24) is 0 Å². The van der Waals surface area contributed by atoms with Crippen molar-refractivity contribution in [2.75, 3.05) is 27.2 Å². The molecule has 2 heteroatoms. The van der Waals surface area contributed by atoms with Crippen LogP contribution < -0.4 is 5.73 Å². The number of benzene rings is 1. The van der Waals surface area contributed by atoms with Crippen LogP contribution in [0.5, 0.6) is 0 Å². The Morgan fingerprint density at radius 3 is 1.77 bits per heavy atom. The molecule has 0 spiro atoms. The summed E-state index contributed by atoms with van der Waals surface area (Å²) in [5.74, 6) is 0. The first kappa shape index (κ1) is 19.2. The van der Waals surface area contributed by atoms with E-state index in [1.165, 1.54) is 69.9 Å². The topological polar surface area (TPSA) is 26.0 Å². The van der Waals surface area contributed by atoms with Gasteiger partial charge in [0, 0.05) is 5.56 Å². The van der Waals surface area contributed by atoms with Gasteiger partial charge in [0.1, 0.15) is 6.54 Å². The molecule has 2 nitrogen and oxygen atoms in total. The van der Waals surface area contributed by atoms with Crippen molar-refractivity contribution in [3.05, 3.63) is 35.9 Å². The fourth-order valence-electron chi connectivity index (χ4n) is 3.08. The predicted octanol–water partition coefficient (Wildman–Crippen LogP) is 4.73. The maximum absolute atomic E-state index is 5.51. The third kappa shape index (κ3) is 9.97. The SMILES string of the molecule is C[N+](C)(CCCCCCCCCCCN)Cc1ccccc1. The average molecular weight is 306 g/mol. The lowest BCUT2D eigenvalue weighted by Crippen LogP contribution is -2.39. The molecule has 0 unspecified atom stereocenters. The number of quaternary nitrogens is 1. The van der Waals surface area contributed by atoms with Crippen LogP contribution >= 0.6 is 0 Å². The molecule has 126 valence electrons. The molecular weight excluding hydrogens is 268 g/mol. The number of nitrogens with zero attached hydrogens (tertiary/aromatic N) is 1. The smallest absolute Gasteiger partial charge is 0.104 e. The van der Waals surface area contributed by atoms with E-state index < -0.39 is 0 Å². The van der Waals surface area contributed by atoms with E-state index in [4.69, 9.17) is 5.73 Å². The molecule has 0 bridgehead atoms. The van der Waals surface area contributed by atoms with Gasteiger partial charge < -0.3 is 10.2 Å². The number of unbranched alkanes of at least 4 members (excludes halogenated alkanes) is 8. The highest BCUT2D eigenvalue weighted by Crippen LogP contribution is 2.13. The minimum atomic E-state index is 0.858. The van der Waals surface area contributed by atoms with Crippen LogP contribution in [0.15, 0.2) is 30.3 Å². The van der Waals surface area contributed by atoms with Gasteiger partial charge in [0.25, 0.3) is 0 Å². The number of hydrogen-bond acceptors (Lipinski definition) is 1. The zero-order valence-corrected chi connectivity index (χ0v) is 14.9. The van der Waals surface area contributed by atoms with Crippen molar-refractivity contribution in [1.29, 1.82) is 0 Å². The van der Waals surface area contributed by atoms with Crippen LogP contribution in [0, 0.1) is 0 Å². The van der Waals surface area contributed by atoms with Crippen LogP contribution in [0.25, 0.3) is 0 Å². The van der Waals surface area contributed by atoms with E-state index in [0.29, 0.717) is 0 Å². The molecule has 0 atom stereocenters. The summed E-state index contributed by atoms with van der Waals surface area (Å²) in [5.41, 5.74) is 6.96. The maximum Gasteiger partial charge on any atom is 0.104 e. The Morgan fingerprint density at radius 2 is 1.23 bits per heavy atom. The minimum Gasteiger partial charge on any atom is -0.330 e. The molecule has 0 aliphatic heterocycles. The van der Waals surface area contributed by atoms with E-state index in [1.54, 1.807) is 0 Å². The molecule has 0 saturated heterocycles. The lowest BCUT2D eigenvalue weighted by atomic mass is 10.1. The van der Waals surface area contributed by atoms with Crippen LogP contribution in [-0.2, 0) is 6.54 Å². The molecule has 1 aromatic rings. The molecule has 2 N–H and O–H groups in total. The summed E-state index contributed by atoms with van der Waals surface area (Å²) >= 11 is 0. The van der Waals surface area contributed by atoms with Gasteiger partial charge in [0.2, 0.25) is 0 Å². The van der Waals surface area contributed by atoms with Crippen molar-refractivity contribution in [2.24, 2.45) is 5.73 Å². The molecule has 0 aromatic heterocycles. The molecule has 0 fully saturated rings. The minimum absolute atomic E-state index is 0.858. The molecule has 0 amide bonds. The van der Waals surface area contributed by atoms with E-state index >= 15 is 0 Å².